The average molecular weight is 413 g/mol. The highest BCUT2D eigenvalue weighted by molar-refractivity contribution is 7.97. The van der Waals surface area contributed by atoms with Crippen LogP contribution in [-0.4, -0.2) is 35.6 Å². The Morgan fingerprint density at radius 3 is 2.93 bits per heavy atom. The van der Waals surface area contributed by atoms with E-state index in [0.29, 0.717) is 19.3 Å². The van der Waals surface area contributed by atoms with E-state index in [4.69, 9.17) is 4.65 Å². The molecule has 4 rings (SSSR count). The second-order valence-corrected chi connectivity index (χ2v) is 8.03. The summed E-state index contributed by atoms with van der Waals surface area (Å²) in [5.41, 5.74) is 4.90. The summed E-state index contributed by atoms with van der Waals surface area (Å²) in [4.78, 5) is 24.7. The SMILES string of the molecule is CSNC(=O)Nc1c(-c2ccc(=O)n(C3CCB(O)OC3)c2)ccc2c1CCC2. The molecule has 1 atom stereocenters. The predicted octanol–water partition coefficient (Wildman–Crippen LogP) is 2.85. The van der Waals surface area contributed by atoms with Crippen molar-refractivity contribution in [2.24, 2.45) is 0 Å². The van der Waals surface area contributed by atoms with Crippen molar-refractivity contribution in [1.29, 1.82) is 0 Å². The van der Waals surface area contributed by atoms with Gasteiger partial charge in [0.05, 0.1) is 18.3 Å². The van der Waals surface area contributed by atoms with Crippen molar-refractivity contribution in [3.8, 4) is 11.1 Å². The number of aromatic nitrogens is 1. The molecule has 2 heterocycles. The van der Waals surface area contributed by atoms with E-state index in [1.165, 1.54) is 23.1 Å². The summed E-state index contributed by atoms with van der Waals surface area (Å²) in [5, 5.41) is 12.6. The first-order valence-corrected chi connectivity index (χ1v) is 11.1. The van der Waals surface area contributed by atoms with E-state index in [2.05, 4.69) is 16.1 Å². The van der Waals surface area contributed by atoms with Gasteiger partial charge in [-0.05, 0) is 49.2 Å². The topological polar surface area (TPSA) is 92.6 Å². The Balaban J connectivity index is 1.74. The van der Waals surface area contributed by atoms with Crippen LogP contribution in [0.5, 0.6) is 0 Å². The lowest BCUT2D eigenvalue weighted by atomic mass is 9.79. The van der Waals surface area contributed by atoms with Crippen LogP contribution < -0.4 is 15.6 Å². The maximum atomic E-state index is 12.5. The first-order chi connectivity index (χ1) is 14.1. The quantitative estimate of drug-likeness (QED) is 0.530. The Kier molecular flexibility index (Phi) is 5.98. The van der Waals surface area contributed by atoms with Gasteiger partial charge in [0.2, 0.25) is 0 Å². The van der Waals surface area contributed by atoms with Gasteiger partial charge in [0.1, 0.15) is 0 Å². The molecule has 0 saturated carbocycles. The van der Waals surface area contributed by atoms with Crippen LogP contribution in [0.25, 0.3) is 11.1 Å². The molecule has 1 aromatic carbocycles. The number of benzene rings is 1. The normalized spacial score (nSPS) is 18.4. The third-order valence-corrected chi connectivity index (χ3v) is 5.98. The van der Waals surface area contributed by atoms with Gasteiger partial charge >= 0.3 is 13.1 Å². The molecule has 152 valence electrons. The molecule has 3 N–H and O–H groups in total. The predicted molar refractivity (Wildman–Crippen MR) is 116 cm³/mol. The van der Waals surface area contributed by atoms with Crippen molar-refractivity contribution in [2.45, 2.75) is 38.0 Å². The Bertz CT molecular complexity index is 973. The van der Waals surface area contributed by atoms with E-state index in [9.17, 15) is 14.6 Å². The lowest BCUT2D eigenvalue weighted by Crippen LogP contribution is -2.34. The van der Waals surface area contributed by atoms with Crippen molar-refractivity contribution in [2.75, 3.05) is 18.2 Å². The number of anilines is 1. The standard InChI is InChI=1S/C20H24BN3O4S/c1-29-23-20(26)22-19-16-4-2-3-13(16)5-7-17(19)14-6-8-18(25)24(11-14)15-9-10-21(27)28-12-15/h5-8,11,15,27H,2-4,9-10,12H2,1H3,(H2,22,23,26). The van der Waals surface area contributed by atoms with Crippen molar-refractivity contribution >= 4 is 30.8 Å². The molecule has 1 unspecified atom stereocenters. The monoisotopic (exact) mass is 413 g/mol. The second kappa shape index (κ2) is 8.65. The van der Waals surface area contributed by atoms with Gasteiger partial charge in [-0.1, -0.05) is 24.1 Å². The van der Waals surface area contributed by atoms with E-state index < -0.39 is 7.12 Å². The number of hydrogen-bond donors (Lipinski definition) is 3. The highest BCUT2D eigenvalue weighted by atomic mass is 32.2. The minimum Gasteiger partial charge on any atom is -0.427 e. The number of amides is 2. The molecule has 2 aliphatic rings. The van der Waals surface area contributed by atoms with Gasteiger partial charge < -0.3 is 19.6 Å². The molecule has 9 heteroatoms. The van der Waals surface area contributed by atoms with E-state index >= 15 is 0 Å². The van der Waals surface area contributed by atoms with E-state index in [1.54, 1.807) is 23.0 Å². The Morgan fingerprint density at radius 1 is 1.31 bits per heavy atom. The molecule has 2 amide bonds. The first kappa shape index (κ1) is 20.1. The Morgan fingerprint density at radius 2 is 2.17 bits per heavy atom. The van der Waals surface area contributed by atoms with E-state index in [0.717, 1.165) is 36.1 Å². The van der Waals surface area contributed by atoms with Crippen LogP contribution in [0.2, 0.25) is 6.32 Å². The molecule has 1 aliphatic heterocycles. The molecule has 1 aliphatic carbocycles. The van der Waals surface area contributed by atoms with E-state index in [-0.39, 0.29) is 17.6 Å². The highest BCUT2D eigenvalue weighted by Crippen LogP contribution is 2.37. The molecule has 0 bridgehead atoms. The maximum Gasteiger partial charge on any atom is 0.454 e. The fourth-order valence-corrected chi connectivity index (χ4v) is 4.41. The molecule has 2 aromatic rings. The number of nitrogens with one attached hydrogen (secondary N) is 2. The number of carbonyl (C=O) groups is 1. The zero-order chi connectivity index (χ0) is 20.4. The van der Waals surface area contributed by atoms with Crippen molar-refractivity contribution < 1.29 is 14.5 Å². The molecule has 7 nitrogen and oxygen atoms in total. The Hall–Kier alpha value is -2.23. The fourth-order valence-electron chi connectivity index (χ4n) is 4.17. The van der Waals surface area contributed by atoms with Crippen LogP contribution in [0.1, 0.15) is 30.0 Å². The third kappa shape index (κ3) is 4.22. The molecule has 0 spiro atoms. The zero-order valence-corrected chi connectivity index (χ0v) is 17.1. The summed E-state index contributed by atoms with van der Waals surface area (Å²) >= 11 is 1.25. The summed E-state index contributed by atoms with van der Waals surface area (Å²) in [7, 11) is -0.757. The van der Waals surface area contributed by atoms with Gasteiger partial charge in [0.15, 0.2) is 0 Å². The zero-order valence-electron chi connectivity index (χ0n) is 16.3. The van der Waals surface area contributed by atoms with Crippen LogP contribution >= 0.6 is 11.9 Å². The smallest absolute Gasteiger partial charge is 0.427 e. The van der Waals surface area contributed by atoms with Gasteiger partial charge in [0.25, 0.3) is 5.56 Å². The lowest BCUT2D eigenvalue weighted by Gasteiger charge is -2.26. The van der Waals surface area contributed by atoms with E-state index in [1.807, 2.05) is 12.3 Å². The summed E-state index contributed by atoms with van der Waals surface area (Å²) in [6, 6.07) is 7.11. The number of carbonyl (C=O) groups excluding carboxylic acids is 1. The first-order valence-electron chi connectivity index (χ1n) is 9.84. The number of nitrogens with zero attached hydrogens (tertiary/aromatic N) is 1. The fraction of sp³-hybridized carbons (Fsp3) is 0.400. The number of fused-ring (bicyclic) bond motifs is 1. The van der Waals surface area contributed by atoms with Crippen LogP contribution in [-0.2, 0) is 17.5 Å². The molecule has 1 saturated heterocycles. The minimum atomic E-state index is -0.757. The number of hydrogen-bond acceptors (Lipinski definition) is 5. The molecule has 1 fully saturated rings. The van der Waals surface area contributed by atoms with Crippen LogP contribution in [0.4, 0.5) is 10.5 Å². The minimum absolute atomic E-state index is 0.102. The molecule has 1 aromatic heterocycles. The van der Waals surface area contributed by atoms with Crippen molar-refractivity contribution in [3.63, 3.8) is 0 Å². The van der Waals surface area contributed by atoms with Gasteiger partial charge in [0, 0.05) is 29.6 Å². The van der Waals surface area contributed by atoms with Crippen LogP contribution in [0.3, 0.4) is 0 Å². The highest BCUT2D eigenvalue weighted by Gasteiger charge is 2.26. The van der Waals surface area contributed by atoms with Gasteiger partial charge in [-0.2, -0.15) is 0 Å². The number of urea groups is 1. The number of pyridine rings is 1. The molecule has 0 radical (unpaired) electrons. The van der Waals surface area contributed by atoms with Crippen molar-refractivity contribution in [1.82, 2.24) is 9.29 Å². The van der Waals surface area contributed by atoms with Gasteiger partial charge in [-0.3, -0.25) is 9.52 Å². The van der Waals surface area contributed by atoms with Crippen LogP contribution in [0, 0.1) is 0 Å². The summed E-state index contributed by atoms with van der Waals surface area (Å²) in [5.74, 6) is 0. The summed E-state index contributed by atoms with van der Waals surface area (Å²) < 4.78 is 9.73. The second-order valence-electron chi connectivity index (χ2n) is 7.42. The third-order valence-electron chi connectivity index (χ3n) is 5.59. The largest absolute Gasteiger partial charge is 0.454 e. The maximum absolute atomic E-state index is 12.5. The van der Waals surface area contributed by atoms with Gasteiger partial charge in [-0.25, -0.2) is 4.79 Å². The lowest BCUT2D eigenvalue weighted by molar-refractivity contribution is 0.178. The Labute approximate surface area is 174 Å². The van der Waals surface area contributed by atoms with Gasteiger partial charge in [-0.15, -0.1) is 0 Å². The summed E-state index contributed by atoms with van der Waals surface area (Å²) in [6.07, 6.45) is 7.82. The van der Waals surface area contributed by atoms with Crippen molar-refractivity contribution in [3.05, 3.63) is 51.9 Å². The average Bonchev–Trinajstić information content (AvgIpc) is 3.19. The molecular formula is C20H24BN3O4S. The molecule has 29 heavy (non-hydrogen) atoms. The summed E-state index contributed by atoms with van der Waals surface area (Å²) in [6.45, 7) is 0.302. The van der Waals surface area contributed by atoms with Crippen LogP contribution in [0.15, 0.2) is 35.3 Å². The number of aryl methyl sites for hydroxylation is 1. The number of rotatable bonds is 4. The molecular weight excluding hydrogens is 389 g/mol.